The Morgan fingerprint density at radius 2 is 2.55 bits per heavy atom. The van der Waals surface area contributed by atoms with E-state index < -0.39 is 0 Å². The molecule has 0 saturated carbocycles. The second-order valence-corrected chi connectivity index (χ2v) is 3.88. The highest BCUT2D eigenvalue weighted by Crippen LogP contribution is 2.16. The largest absolute Gasteiger partial charge is 0.377 e. The van der Waals surface area contributed by atoms with E-state index in [1.807, 2.05) is 0 Å². The average molecular weight is 174 g/mol. The molecule has 1 saturated heterocycles. The summed E-state index contributed by atoms with van der Waals surface area (Å²) in [6, 6.07) is 0. The number of Topliss-reactive ketones (excluding diaryl/α,β-unsaturated/α-hetero) is 1. The van der Waals surface area contributed by atoms with E-state index in [-0.39, 0.29) is 5.78 Å². The monoisotopic (exact) mass is 174 g/mol. The van der Waals surface area contributed by atoms with Crippen molar-refractivity contribution in [3.8, 4) is 0 Å². The molecule has 1 fully saturated rings. The van der Waals surface area contributed by atoms with Crippen LogP contribution in [0, 0.1) is 0 Å². The lowest BCUT2D eigenvalue weighted by Gasteiger charge is -2.06. The van der Waals surface area contributed by atoms with E-state index in [1.165, 1.54) is 12.8 Å². The molecule has 1 atom stereocenters. The van der Waals surface area contributed by atoms with Gasteiger partial charge in [-0.15, -0.1) is 0 Å². The van der Waals surface area contributed by atoms with Crippen LogP contribution in [0.3, 0.4) is 0 Å². The predicted octanol–water partition coefficient (Wildman–Crippen LogP) is 1.49. The lowest BCUT2D eigenvalue weighted by molar-refractivity contribution is -0.114. The molecule has 0 radical (unpaired) electrons. The van der Waals surface area contributed by atoms with Gasteiger partial charge in [0.1, 0.15) is 5.78 Å². The van der Waals surface area contributed by atoms with Crippen LogP contribution in [-0.4, -0.2) is 30.0 Å². The molecule has 0 aromatic heterocycles. The first kappa shape index (κ1) is 9.07. The fraction of sp³-hybridized carbons (Fsp3) is 0.875. The maximum absolute atomic E-state index is 10.6. The van der Waals surface area contributed by atoms with Gasteiger partial charge in [-0.05, 0) is 19.8 Å². The summed E-state index contributed by atoms with van der Waals surface area (Å²) in [7, 11) is 0. The Hall–Kier alpha value is -0.0200. The highest BCUT2D eigenvalue weighted by Gasteiger charge is 2.14. The molecule has 11 heavy (non-hydrogen) atoms. The molecule has 0 N–H and O–H groups in total. The molecular formula is C8H14O2S. The normalized spacial score (nSPS) is 23.9. The lowest BCUT2D eigenvalue weighted by atomic mass is 10.3. The molecule has 0 aromatic carbocycles. The molecule has 1 heterocycles. The Bertz CT molecular complexity index is 130. The highest BCUT2D eigenvalue weighted by molar-refractivity contribution is 7.99. The molecule has 2 nitrogen and oxygen atoms in total. The second kappa shape index (κ2) is 4.78. The van der Waals surface area contributed by atoms with Crippen LogP contribution in [0.5, 0.6) is 0 Å². The van der Waals surface area contributed by atoms with Gasteiger partial charge in [0.25, 0.3) is 0 Å². The lowest BCUT2D eigenvalue weighted by Crippen LogP contribution is -2.09. The summed E-state index contributed by atoms with van der Waals surface area (Å²) in [6.45, 7) is 2.54. The van der Waals surface area contributed by atoms with E-state index in [1.54, 1.807) is 18.7 Å². The molecule has 1 rings (SSSR count). The summed E-state index contributed by atoms with van der Waals surface area (Å²) < 4.78 is 5.40. The second-order valence-electron chi connectivity index (χ2n) is 2.85. The zero-order valence-corrected chi connectivity index (χ0v) is 7.65. The van der Waals surface area contributed by atoms with E-state index in [0.717, 1.165) is 12.4 Å². The summed E-state index contributed by atoms with van der Waals surface area (Å²) in [6.07, 6.45) is 2.77. The van der Waals surface area contributed by atoms with Crippen molar-refractivity contribution in [1.29, 1.82) is 0 Å². The van der Waals surface area contributed by atoms with Gasteiger partial charge in [-0.3, -0.25) is 4.79 Å². The Morgan fingerprint density at radius 1 is 1.73 bits per heavy atom. The van der Waals surface area contributed by atoms with Gasteiger partial charge < -0.3 is 4.74 Å². The molecule has 1 unspecified atom stereocenters. The van der Waals surface area contributed by atoms with Crippen LogP contribution in [0.25, 0.3) is 0 Å². The Balaban J connectivity index is 1.98. The molecule has 3 heteroatoms. The van der Waals surface area contributed by atoms with Crippen molar-refractivity contribution in [3.05, 3.63) is 0 Å². The predicted molar refractivity (Wildman–Crippen MR) is 47.0 cm³/mol. The standard InChI is InChI=1S/C8H14O2S/c1-7(9)5-11-6-8-3-2-4-10-8/h8H,2-6H2,1H3. The number of thioether (sulfide) groups is 1. The zero-order valence-electron chi connectivity index (χ0n) is 6.84. The van der Waals surface area contributed by atoms with Crippen molar-refractivity contribution in [2.24, 2.45) is 0 Å². The van der Waals surface area contributed by atoms with Gasteiger partial charge in [-0.2, -0.15) is 11.8 Å². The third-order valence-electron chi connectivity index (χ3n) is 1.63. The number of carbonyl (C=O) groups excluding carboxylic acids is 1. The molecule has 0 bridgehead atoms. The number of rotatable bonds is 4. The Labute approximate surface area is 71.7 Å². The van der Waals surface area contributed by atoms with Gasteiger partial charge in [0.05, 0.1) is 11.9 Å². The SMILES string of the molecule is CC(=O)CSCC1CCCO1. The molecule has 1 aliphatic heterocycles. The van der Waals surface area contributed by atoms with Crippen LogP contribution in [0.2, 0.25) is 0 Å². The van der Waals surface area contributed by atoms with Crippen LogP contribution in [0.4, 0.5) is 0 Å². The molecule has 0 spiro atoms. The summed E-state index contributed by atoms with van der Waals surface area (Å²) >= 11 is 1.68. The molecular weight excluding hydrogens is 160 g/mol. The minimum Gasteiger partial charge on any atom is -0.377 e. The number of carbonyl (C=O) groups is 1. The summed E-state index contributed by atoms with van der Waals surface area (Å²) in [5, 5.41) is 0. The third-order valence-corrected chi connectivity index (χ3v) is 2.85. The summed E-state index contributed by atoms with van der Waals surface area (Å²) in [5.74, 6) is 1.88. The van der Waals surface area contributed by atoms with Crippen molar-refractivity contribution in [2.45, 2.75) is 25.9 Å². The minimum atomic E-state index is 0.257. The minimum absolute atomic E-state index is 0.257. The number of ether oxygens (including phenoxy) is 1. The van der Waals surface area contributed by atoms with E-state index in [2.05, 4.69) is 0 Å². The molecule has 1 aliphatic rings. The van der Waals surface area contributed by atoms with Crippen LogP contribution >= 0.6 is 11.8 Å². The van der Waals surface area contributed by atoms with Crippen molar-refractivity contribution >= 4 is 17.5 Å². The van der Waals surface area contributed by atoms with E-state index in [4.69, 9.17) is 4.74 Å². The van der Waals surface area contributed by atoms with Gasteiger partial charge in [0.15, 0.2) is 0 Å². The van der Waals surface area contributed by atoms with Crippen LogP contribution in [0.1, 0.15) is 19.8 Å². The fourth-order valence-electron chi connectivity index (χ4n) is 1.11. The van der Waals surface area contributed by atoms with Gasteiger partial charge in [-0.1, -0.05) is 0 Å². The fourth-order valence-corrected chi connectivity index (χ4v) is 2.04. The van der Waals surface area contributed by atoms with Gasteiger partial charge in [0.2, 0.25) is 0 Å². The topological polar surface area (TPSA) is 26.3 Å². The van der Waals surface area contributed by atoms with Gasteiger partial charge >= 0.3 is 0 Å². The Morgan fingerprint density at radius 3 is 3.09 bits per heavy atom. The molecule has 0 aromatic rings. The van der Waals surface area contributed by atoms with E-state index >= 15 is 0 Å². The molecule has 64 valence electrons. The number of hydrogen-bond acceptors (Lipinski definition) is 3. The zero-order chi connectivity index (χ0) is 8.10. The smallest absolute Gasteiger partial charge is 0.139 e. The van der Waals surface area contributed by atoms with E-state index in [0.29, 0.717) is 11.9 Å². The van der Waals surface area contributed by atoms with Gasteiger partial charge in [-0.25, -0.2) is 0 Å². The third kappa shape index (κ3) is 3.77. The maximum atomic E-state index is 10.6. The van der Waals surface area contributed by atoms with Crippen LogP contribution < -0.4 is 0 Å². The first-order valence-electron chi connectivity index (χ1n) is 3.98. The van der Waals surface area contributed by atoms with Crippen LogP contribution in [-0.2, 0) is 9.53 Å². The average Bonchev–Trinajstić information content (AvgIpc) is 2.39. The van der Waals surface area contributed by atoms with Crippen LogP contribution in [0.15, 0.2) is 0 Å². The summed E-state index contributed by atoms with van der Waals surface area (Å²) in [4.78, 5) is 10.6. The number of hydrogen-bond donors (Lipinski definition) is 0. The van der Waals surface area contributed by atoms with Crippen molar-refractivity contribution in [1.82, 2.24) is 0 Å². The van der Waals surface area contributed by atoms with E-state index in [9.17, 15) is 4.79 Å². The molecule has 0 amide bonds. The molecule has 0 aliphatic carbocycles. The highest BCUT2D eigenvalue weighted by atomic mass is 32.2. The van der Waals surface area contributed by atoms with Crippen molar-refractivity contribution in [3.63, 3.8) is 0 Å². The van der Waals surface area contributed by atoms with Gasteiger partial charge in [0, 0.05) is 12.4 Å². The Kier molecular flexibility index (Phi) is 3.94. The number of ketones is 1. The maximum Gasteiger partial charge on any atom is 0.139 e. The van der Waals surface area contributed by atoms with Crippen molar-refractivity contribution in [2.75, 3.05) is 18.1 Å². The summed E-state index contributed by atoms with van der Waals surface area (Å²) in [5.41, 5.74) is 0. The first-order chi connectivity index (χ1) is 5.29. The van der Waals surface area contributed by atoms with Crippen molar-refractivity contribution < 1.29 is 9.53 Å². The quantitative estimate of drug-likeness (QED) is 0.646. The first-order valence-corrected chi connectivity index (χ1v) is 5.13.